The van der Waals surface area contributed by atoms with Gasteiger partial charge in [0.2, 0.25) is 0 Å². The molecule has 1 aromatic carbocycles. The Bertz CT molecular complexity index is 452. The lowest BCUT2D eigenvalue weighted by molar-refractivity contribution is 0.184. The Labute approximate surface area is 95.0 Å². The van der Waals surface area contributed by atoms with Crippen molar-refractivity contribution in [2.45, 2.75) is 19.4 Å². The number of aromatic nitrogens is 2. The molecule has 1 atom stereocenters. The van der Waals surface area contributed by atoms with Gasteiger partial charge in [0.1, 0.15) is 0 Å². The molecule has 2 N–H and O–H groups in total. The van der Waals surface area contributed by atoms with Crippen LogP contribution in [0, 0.1) is 0 Å². The molecule has 0 saturated carbocycles. The summed E-state index contributed by atoms with van der Waals surface area (Å²) in [6, 6.07) is 6.54. The monoisotopic (exact) mass is 219 g/mol. The number of hydrogen-bond donors (Lipinski definition) is 2. The molecule has 0 saturated heterocycles. The fourth-order valence-electron chi connectivity index (χ4n) is 1.73. The van der Waals surface area contributed by atoms with Gasteiger partial charge in [-0.2, -0.15) is 5.10 Å². The van der Waals surface area contributed by atoms with E-state index in [2.05, 4.69) is 34.6 Å². The summed E-state index contributed by atoms with van der Waals surface area (Å²) < 4.78 is 5.16. The highest BCUT2D eigenvalue weighted by Gasteiger charge is 2.05. The maximum atomic E-state index is 5.16. The zero-order valence-electron chi connectivity index (χ0n) is 9.66. The van der Waals surface area contributed by atoms with Crippen molar-refractivity contribution in [2.24, 2.45) is 0 Å². The molecular weight excluding hydrogens is 202 g/mol. The van der Waals surface area contributed by atoms with Crippen LogP contribution in [0.5, 0.6) is 0 Å². The van der Waals surface area contributed by atoms with Crippen LogP contribution in [0.3, 0.4) is 0 Å². The number of fused-ring (bicyclic) bond motifs is 1. The molecule has 1 unspecified atom stereocenters. The first-order valence-corrected chi connectivity index (χ1v) is 5.52. The van der Waals surface area contributed by atoms with Gasteiger partial charge in [0.15, 0.2) is 0 Å². The van der Waals surface area contributed by atoms with E-state index >= 15 is 0 Å². The van der Waals surface area contributed by atoms with Crippen molar-refractivity contribution in [3.8, 4) is 0 Å². The summed E-state index contributed by atoms with van der Waals surface area (Å²) in [5.74, 6) is 0. The fraction of sp³-hybridized carbons (Fsp3) is 0.417. The lowest BCUT2D eigenvalue weighted by Gasteiger charge is -2.17. The van der Waals surface area contributed by atoms with Crippen LogP contribution in [-0.4, -0.2) is 30.0 Å². The molecule has 0 amide bonds. The zero-order chi connectivity index (χ0) is 11.4. The van der Waals surface area contributed by atoms with E-state index in [0.29, 0.717) is 6.04 Å². The number of nitrogens with zero attached hydrogens (tertiary/aromatic N) is 1. The number of rotatable bonds is 5. The summed E-state index contributed by atoms with van der Waals surface area (Å²) in [4.78, 5) is 0. The maximum absolute atomic E-state index is 5.16. The van der Waals surface area contributed by atoms with E-state index in [1.165, 1.54) is 0 Å². The largest absolute Gasteiger partial charge is 0.383 e. The standard InChI is InChI=1S/C12H17N3O/c1-3-10(8-16-2)14-11-4-5-12-9(6-11)7-13-15-12/h4-7,10,14H,3,8H2,1-2H3,(H,13,15). The summed E-state index contributed by atoms with van der Waals surface area (Å²) >= 11 is 0. The molecule has 0 radical (unpaired) electrons. The van der Waals surface area contributed by atoms with Crippen LogP contribution in [0.4, 0.5) is 5.69 Å². The number of methoxy groups -OCH3 is 1. The van der Waals surface area contributed by atoms with Crippen LogP contribution in [0.15, 0.2) is 24.4 Å². The van der Waals surface area contributed by atoms with Crippen LogP contribution >= 0.6 is 0 Å². The van der Waals surface area contributed by atoms with Gasteiger partial charge in [-0.3, -0.25) is 5.10 Å². The smallest absolute Gasteiger partial charge is 0.0663 e. The average molecular weight is 219 g/mol. The molecule has 0 bridgehead atoms. The van der Waals surface area contributed by atoms with Crippen LogP contribution in [0.25, 0.3) is 10.9 Å². The van der Waals surface area contributed by atoms with Crippen molar-refractivity contribution in [3.63, 3.8) is 0 Å². The SMILES string of the molecule is CCC(COC)Nc1ccc2[nH]ncc2c1. The molecule has 0 spiro atoms. The van der Waals surface area contributed by atoms with E-state index in [1.807, 2.05) is 12.3 Å². The lowest BCUT2D eigenvalue weighted by Crippen LogP contribution is -2.23. The quantitative estimate of drug-likeness (QED) is 0.811. The normalized spacial score (nSPS) is 12.9. The molecule has 1 heterocycles. The third-order valence-electron chi connectivity index (χ3n) is 2.67. The highest BCUT2D eigenvalue weighted by Crippen LogP contribution is 2.17. The Morgan fingerprint density at radius 1 is 1.50 bits per heavy atom. The zero-order valence-corrected chi connectivity index (χ0v) is 9.66. The van der Waals surface area contributed by atoms with Crippen molar-refractivity contribution in [1.82, 2.24) is 10.2 Å². The molecule has 86 valence electrons. The Morgan fingerprint density at radius 3 is 3.12 bits per heavy atom. The highest BCUT2D eigenvalue weighted by atomic mass is 16.5. The van der Waals surface area contributed by atoms with Gasteiger partial charge in [-0.25, -0.2) is 0 Å². The molecular formula is C12H17N3O. The Kier molecular flexibility index (Phi) is 3.41. The summed E-state index contributed by atoms with van der Waals surface area (Å²) in [6.07, 6.45) is 2.87. The predicted molar refractivity (Wildman–Crippen MR) is 65.7 cm³/mol. The first-order chi connectivity index (χ1) is 7.83. The second-order valence-corrected chi connectivity index (χ2v) is 3.88. The van der Waals surface area contributed by atoms with Crippen LogP contribution in [0.2, 0.25) is 0 Å². The van der Waals surface area contributed by atoms with E-state index in [4.69, 9.17) is 4.74 Å². The van der Waals surface area contributed by atoms with Crippen molar-refractivity contribution < 1.29 is 4.74 Å². The van der Waals surface area contributed by atoms with Crippen molar-refractivity contribution in [1.29, 1.82) is 0 Å². The number of hydrogen-bond acceptors (Lipinski definition) is 3. The molecule has 0 aliphatic rings. The first-order valence-electron chi connectivity index (χ1n) is 5.52. The van der Waals surface area contributed by atoms with E-state index in [1.54, 1.807) is 7.11 Å². The van der Waals surface area contributed by atoms with Crippen molar-refractivity contribution in [2.75, 3.05) is 19.0 Å². The summed E-state index contributed by atoms with van der Waals surface area (Å²) in [5, 5.41) is 11.5. The Balaban J connectivity index is 2.13. The number of aromatic amines is 1. The van der Waals surface area contributed by atoms with E-state index < -0.39 is 0 Å². The number of ether oxygens (including phenoxy) is 1. The maximum Gasteiger partial charge on any atom is 0.0663 e. The van der Waals surface area contributed by atoms with Crippen LogP contribution in [-0.2, 0) is 4.74 Å². The van der Waals surface area contributed by atoms with Crippen LogP contribution < -0.4 is 5.32 Å². The van der Waals surface area contributed by atoms with Gasteiger partial charge in [-0.05, 0) is 24.6 Å². The van der Waals surface area contributed by atoms with Gasteiger partial charge in [-0.1, -0.05) is 6.92 Å². The third-order valence-corrected chi connectivity index (χ3v) is 2.67. The molecule has 2 rings (SSSR count). The Hall–Kier alpha value is -1.55. The topological polar surface area (TPSA) is 49.9 Å². The summed E-state index contributed by atoms with van der Waals surface area (Å²) in [6.45, 7) is 2.87. The van der Waals surface area contributed by atoms with Gasteiger partial charge in [0.25, 0.3) is 0 Å². The molecule has 4 nitrogen and oxygen atoms in total. The van der Waals surface area contributed by atoms with Crippen molar-refractivity contribution in [3.05, 3.63) is 24.4 Å². The van der Waals surface area contributed by atoms with Gasteiger partial charge < -0.3 is 10.1 Å². The van der Waals surface area contributed by atoms with Gasteiger partial charge >= 0.3 is 0 Å². The van der Waals surface area contributed by atoms with Crippen molar-refractivity contribution >= 4 is 16.6 Å². The van der Waals surface area contributed by atoms with Gasteiger partial charge in [-0.15, -0.1) is 0 Å². The first kappa shape index (κ1) is 11.0. The average Bonchev–Trinajstić information content (AvgIpc) is 2.75. The minimum Gasteiger partial charge on any atom is -0.383 e. The molecule has 16 heavy (non-hydrogen) atoms. The number of nitrogens with one attached hydrogen (secondary N) is 2. The van der Waals surface area contributed by atoms with Crippen LogP contribution in [0.1, 0.15) is 13.3 Å². The molecule has 0 aliphatic carbocycles. The van der Waals surface area contributed by atoms with Gasteiger partial charge in [0.05, 0.1) is 18.3 Å². The Morgan fingerprint density at radius 2 is 2.38 bits per heavy atom. The van der Waals surface area contributed by atoms with E-state index in [9.17, 15) is 0 Å². The second kappa shape index (κ2) is 4.99. The van der Waals surface area contributed by atoms with Gasteiger partial charge in [0, 0.05) is 24.2 Å². The van der Waals surface area contributed by atoms with E-state index in [0.717, 1.165) is 29.6 Å². The minimum atomic E-state index is 0.356. The predicted octanol–water partition coefficient (Wildman–Crippen LogP) is 2.40. The molecule has 0 aliphatic heterocycles. The second-order valence-electron chi connectivity index (χ2n) is 3.88. The molecule has 0 fully saturated rings. The molecule has 4 heteroatoms. The van der Waals surface area contributed by atoms with E-state index in [-0.39, 0.29) is 0 Å². The fourth-order valence-corrected chi connectivity index (χ4v) is 1.73. The number of H-pyrrole nitrogens is 1. The summed E-state index contributed by atoms with van der Waals surface area (Å²) in [5.41, 5.74) is 2.17. The number of anilines is 1. The number of benzene rings is 1. The molecule has 1 aromatic heterocycles. The third kappa shape index (κ3) is 2.33. The highest BCUT2D eigenvalue weighted by molar-refractivity contribution is 5.81. The molecule has 2 aromatic rings. The lowest BCUT2D eigenvalue weighted by atomic mass is 10.2. The minimum absolute atomic E-state index is 0.356. The summed E-state index contributed by atoms with van der Waals surface area (Å²) in [7, 11) is 1.73.